The number of nitrogens with zero attached hydrogens (tertiary/aromatic N) is 1. The highest BCUT2D eigenvalue weighted by Gasteiger charge is 2.36. The van der Waals surface area contributed by atoms with Crippen molar-refractivity contribution in [2.45, 2.75) is 18.9 Å². The van der Waals surface area contributed by atoms with Gasteiger partial charge >= 0.3 is 0 Å². The Hall–Kier alpha value is -0.610. The molecule has 1 aromatic carbocycles. The normalized spacial score (nSPS) is 20.6. The fourth-order valence-corrected chi connectivity index (χ4v) is 2.89. The standard InChI is InChI=1S/C14H21ClN2O/c1-2-14(11-18,17-9-7-16-8-10-17)12-3-5-13(15)6-4-12/h3-6,16,18H,2,7-11H2,1H3. The summed E-state index contributed by atoms with van der Waals surface area (Å²) in [5.41, 5.74) is 0.881. The van der Waals surface area contributed by atoms with E-state index < -0.39 is 0 Å². The second kappa shape index (κ2) is 6.02. The van der Waals surface area contributed by atoms with Crippen molar-refractivity contribution in [3.8, 4) is 0 Å². The molecule has 18 heavy (non-hydrogen) atoms. The molecule has 1 saturated heterocycles. The van der Waals surface area contributed by atoms with E-state index in [4.69, 9.17) is 11.6 Å². The minimum absolute atomic E-state index is 0.144. The predicted octanol–water partition coefficient (Wildman–Crippen LogP) is 1.84. The van der Waals surface area contributed by atoms with E-state index in [1.165, 1.54) is 0 Å². The van der Waals surface area contributed by atoms with Crippen LogP contribution >= 0.6 is 11.6 Å². The van der Waals surface area contributed by atoms with Crippen molar-refractivity contribution >= 4 is 11.6 Å². The second-order valence-corrected chi connectivity index (χ2v) is 5.22. The highest BCUT2D eigenvalue weighted by molar-refractivity contribution is 6.30. The zero-order valence-corrected chi connectivity index (χ0v) is 11.6. The molecule has 1 atom stereocenters. The van der Waals surface area contributed by atoms with Crippen LogP contribution in [0.5, 0.6) is 0 Å². The Morgan fingerprint density at radius 3 is 2.39 bits per heavy atom. The molecule has 4 heteroatoms. The van der Waals surface area contributed by atoms with Gasteiger partial charge in [0.1, 0.15) is 0 Å². The van der Waals surface area contributed by atoms with Crippen molar-refractivity contribution in [3.05, 3.63) is 34.9 Å². The lowest BCUT2D eigenvalue weighted by Crippen LogP contribution is -2.56. The Kier molecular flexibility index (Phi) is 4.62. The van der Waals surface area contributed by atoms with E-state index in [0.29, 0.717) is 0 Å². The predicted molar refractivity (Wildman–Crippen MR) is 74.9 cm³/mol. The van der Waals surface area contributed by atoms with Crippen molar-refractivity contribution in [1.82, 2.24) is 10.2 Å². The molecule has 0 aromatic heterocycles. The molecule has 2 N–H and O–H groups in total. The monoisotopic (exact) mass is 268 g/mol. The van der Waals surface area contributed by atoms with E-state index in [1.54, 1.807) is 0 Å². The maximum Gasteiger partial charge on any atom is 0.0692 e. The summed E-state index contributed by atoms with van der Waals surface area (Å²) >= 11 is 5.95. The fourth-order valence-electron chi connectivity index (χ4n) is 2.77. The summed E-state index contributed by atoms with van der Waals surface area (Å²) in [5.74, 6) is 0. The van der Waals surface area contributed by atoms with Crippen LogP contribution in [0.4, 0.5) is 0 Å². The third-order valence-electron chi connectivity index (χ3n) is 3.95. The highest BCUT2D eigenvalue weighted by Crippen LogP contribution is 2.32. The van der Waals surface area contributed by atoms with Crippen LogP contribution in [-0.2, 0) is 5.54 Å². The Labute approximate surface area is 114 Å². The molecule has 0 aliphatic carbocycles. The van der Waals surface area contributed by atoms with E-state index in [0.717, 1.165) is 43.2 Å². The Morgan fingerprint density at radius 1 is 1.28 bits per heavy atom. The molecule has 1 aromatic rings. The number of piperazine rings is 1. The molecule has 0 saturated carbocycles. The number of aliphatic hydroxyl groups is 1. The minimum Gasteiger partial charge on any atom is -0.394 e. The Morgan fingerprint density at radius 2 is 1.89 bits per heavy atom. The molecule has 1 unspecified atom stereocenters. The van der Waals surface area contributed by atoms with Crippen LogP contribution in [0.15, 0.2) is 24.3 Å². The zero-order chi connectivity index (χ0) is 13.0. The molecule has 0 bridgehead atoms. The SMILES string of the molecule is CCC(CO)(c1ccc(Cl)cc1)N1CCNCC1. The average molecular weight is 269 g/mol. The fraction of sp³-hybridized carbons (Fsp3) is 0.571. The molecule has 0 radical (unpaired) electrons. The van der Waals surface area contributed by atoms with Crippen LogP contribution < -0.4 is 5.32 Å². The van der Waals surface area contributed by atoms with Gasteiger partial charge in [0, 0.05) is 31.2 Å². The summed E-state index contributed by atoms with van der Waals surface area (Å²) in [5, 5.41) is 14.0. The van der Waals surface area contributed by atoms with Crippen molar-refractivity contribution in [3.63, 3.8) is 0 Å². The van der Waals surface area contributed by atoms with E-state index >= 15 is 0 Å². The molecule has 1 heterocycles. The largest absolute Gasteiger partial charge is 0.394 e. The molecule has 2 rings (SSSR count). The van der Waals surface area contributed by atoms with Crippen LogP contribution in [0.3, 0.4) is 0 Å². The second-order valence-electron chi connectivity index (χ2n) is 4.79. The summed E-state index contributed by atoms with van der Waals surface area (Å²) in [6.45, 7) is 6.18. The molecule has 0 spiro atoms. The van der Waals surface area contributed by atoms with Crippen molar-refractivity contribution < 1.29 is 5.11 Å². The number of hydrogen-bond acceptors (Lipinski definition) is 3. The van der Waals surface area contributed by atoms with E-state index in [9.17, 15) is 5.11 Å². The Bertz CT molecular complexity index is 370. The average Bonchev–Trinajstić information content (AvgIpc) is 2.44. The molecule has 1 aliphatic heterocycles. The third-order valence-corrected chi connectivity index (χ3v) is 4.20. The van der Waals surface area contributed by atoms with Crippen molar-refractivity contribution in [1.29, 1.82) is 0 Å². The topological polar surface area (TPSA) is 35.5 Å². The van der Waals surface area contributed by atoms with Gasteiger partial charge in [0.2, 0.25) is 0 Å². The first-order valence-corrected chi connectivity index (χ1v) is 6.93. The van der Waals surface area contributed by atoms with Gasteiger partial charge < -0.3 is 10.4 Å². The minimum atomic E-state index is -0.271. The summed E-state index contributed by atoms with van der Waals surface area (Å²) in [6, 6.07) is 7.87. The maximum atomic E-state index is 9.96. The van der Waals surface area contributed by atoms with Gasteiger partial charge in [-0.3, -0.25) is 4.90 Å². The number of hydrogen-bond donors (Lipinski definition) is 2. The summed E-state index contributed by atoms with van der Waals surface area (Å²) < 4.78 is 0. The third kappa shape index (κ3) is 2.54. The van der Waals surface area contributed by atoms with Gasteiger partial charge in [0.25, 0.3) is 0 Å². The van der Waals surface area contributed by atoms with Crippen LogP contribution in [0.25, 0.3) is 0 Å². The molecule has 0 amide bonds. The first-order valence-electron chi connectivity index (χ1n) is 6.55. The molecule has 3 nitrogen and oxygen atoms in total. The summed E-state index contributed by atoms with van der Waals surface area (Å²) in [4.78, 5) is 2.38. The van der Waals surface area contributed by atoms with Gasteiger partial charge in [-0.1, -0.05) is 30.7 Å². The van der Waals surface area contributed by atoms with E-state index in [-0.39, 0.29) is 12.1 Å². The molecule has 1 fully saturated rings. The lowest BCUT2D eigenvalue weighted by molar-refractivity contribution is 0.0138. The molecule has 1 aliphatic rings. The number of aliphatic hydroxyl groups excluding tert-OH is 1. The van der Waals surface area contributed by atoms with Crippen LogP contribution in [0, 0.1) is 0 Å². The molecular weight excluding hydrogens is 248 g/mol. The van der Waals surface area contributed by atoms with Crippen LogP contribution in [0.2, 0.25) is 5.02 Å². The highest BCUT2D eigenvalue weighted by atomic mass is 35.5. The number of rotatable bonds is 4. The van der Waals surface area contributed by atoms with Gasteiger partial charge in [0.05, 0.1) is 12.1 Å². The van der Waals surface area contributed by atoms with Gasteiger partial charge in [-0.2, -0.15) is 0 Å². The number of nitrogens with one attached hydrogen (secondary N) is 1. The van der Waals surface area contributed by atoms with Gasteiger partial charge in [-0.25, -0.2) is 0 Å². The number of halogens is 1. The van der Waals surface area contributed by atoms with Crippen molar-refractivity contribution in [2.24, 2.45) is 0 Å². The van der Waals surface area contributed by atoms with Gasteiger partial charge in [-0.05, 0) is 24.1 Å². The smallest absolute Gasteiger partial charge is 0.0692 e. The Balaban J connectivity index is 2.32. The van der Waals surface area contributed by atoms with Gasteiger partial charge in [0.15, 0.2) is 0 Å². The van der Waals surface area contributed by atoms with Gasteiger partial charge in [-0.15, -0.1) is 0 Å². The first kappa shape index (κ1) is 13.8. The van der Waals surface area contributed by atoms with E-state index in [2.05, 4.69) is 17.1 Å². The van der Waals surface area contributed by atoms with E-state index in [1.807, 2.05) is 24.3 Å². The lowest BCUT2D eigenvalue weighted by atomic mass is 9.85. The zero-order valence-electron chi connectivity index (χ0n) is 10.8. The molecular formula is C14H21ClN2O. The summed E-state index contributed by atoms with van der Waals surface area (Å²) in [6.07, 6.45) is 0.894. The molecule has 100 valence electrons. The van der Waals surface area contributed by atoms with Crippen LogP contribution in [0.1, 0.15) is 18.9 Å². The van der Waals surface area contributed by atoms with Crippen LogP contribution in [-0.4, -0.2) is 42.8 Å². The first-order chi connectivity index (χ1) is 8.73. The quantitative estimate of drug-likeness (QED) is 0.875. The summed E-state index contributed by atoms with van der Waals surface area (Å²) in [7, 11) is 0. The lowest BCUT2D eigenvalue weighted by Gasteiger charge is -2.45. The van der Waals surface area contributed by atoms with Crippen molar-refractivity contribution in [2.75, 3.05) is 32.8 Å². The number of benzene rings is 1. The maximum absolute atomic E-state index is 9.96.